The summed E-state index contributed by atoms with van der Waals surface area (Å²) in [6, 6.07) is 13.6. The molecule has 2 fully saturated rings. The maximum atomic E-state index is 12.7. The van der Waals surface area contributed by atoms with Crippen molar-refractivity contribution < 1.29 is 14.3 Å². The maximum Gasteiger partial charge on any atom is 0.321 e. The number of carbonyl (C=O) groups excluding carboxylic acids is 2. The summed E-state index contributed by atoms with van der Waals surface area (Å²) in [4.78, 5) is 33.0. The summed E-state index contributed by atoms with van der Waals surface area (Å²) in [5.41, 5.74) is 1.90. The molecule has 8 heteroatoms. The van der Waals surface area contributed by atoms with E-state index in [9.17, 15) is 9.59 Å². The van der Waals surface area contributed by atoms with Crippen molar-refractivity contribution in [3.05, 3.63) is 54.2 Å². The largest absolute Gasteiger partial charge is 0.368 e. The summed E-state index contributed by atoms with van der Waals surface area (Å²) in [7, 11) is 0. The average Bonchev–Trinajstić information content (AvgIpc) is 3.33. The van der Waals surface area contributed by atoms with Crippen molar-refractivity contribution in [2.45, 2.75) is 29.7 Å². The van der Waals surface area contributed by atoms with Crippen LogP contribution in [0.3, 0.4) is 0 Å². The van der Waals surface area contributed by atoms with Gasteiger partial charge in [0.05, 0.1) is 5.03 Å². The number of pyridine rings is 1. The number of ether oxygens (including phenoxy) is 1. The number of amides is 3. The quantitative estimate of drug-likeness (QED) is 0.743. The molecule has 0 saturated carbocycles. The first-order chi connectivity index (χ1) is 14.7. The van der Waals surface area contributed by atoms with Gasteiger partial charge in [-0.3, -0.25) is 4.79 Å². The number of nitrogens with one attached hydrogen (secondary N) is 1. The number of urea groups is 1. The standard InChI is InChI=1S/C22H26N4O3S/c27-21(19-7-4-14-29-19)25-10-12-26(13-11-25)22(28)24-18-6-3-5-17(15-18)16-30-20-8-1-2-9-23-20/h1-3,5-6,8-9,15,19H,4,7,10-14,16H2,(H,24,28). The van der Waals surface area contributed by atoms with E-state index in [0.29, 0.717) is 32.8 Å². The number of thioether (sulfide) groups is 1. The fourth-order valence-electron chi connectivity index (χ4n) is 3.64. The van der Waals surface area contributed by atoms with E-state index in [0.717, 1.165) is 34.9 Å². The first kappa shape index (κ1) is 20.7. The number of anilines is 1. The molecule has 1 aromatic carbocycles. The molecule has 4 rings (SSSR count). The predicted molar refractivity (Wildman–Crippen MR) is 116 cm³/mol. The molecule has 1 N–H and O–H groups in total. The lowest BCUT2D eigenvalue weighted by Crippen LogP contribution is -2.53. The number of aromatic nitrogens is 1. The van der Waals surface area contributed by atoms with Gasteiger partial charge in [0.25, 0.3) is 5.91 Å². The second-order valence-electron chi connectivity index (χ2n) is 7.40. The molecule has 2 aliphatic heterocycles. The van der Waals surface area contributed by atoms with Gasteiger partial charge < -0.3 is 19.9 Å². The Bertz CT molecular complexity index is 866. The zero-order chi connectivity index (χ0) is 20.8. The van der Waals surface area contributed by atoms with Gasteiger partial charge in [0, 0.05) is 50.4 Å². The van der Waals surface area contributed by atoms with Crippen molar-refractivity contribution in [3.63, 3.8) is 0 Å². The van der Waals surface area contributed by atoms with Gasteiger partial charge in [0.1, 0.15) is 6.10 Å². The minimum absolute atomic E-state index is 0.0608. The van der Waals surface area contributed by atoms with Crippen LogP contribution in [-0.2, 0) is 15.3 Å². The number of hydrogen-bond donors (Lipinski definition) is 1. The molecule has 0 aliphatic carbocycles. The molecular weight excluding hydrogens is 400 g/mol. The van der Waals surface area contributed by atoms with Crippen molar-refractivity contribution in [2.75, 3.05) is 38.1 Å². The van der Waals surface area contributed by atoms with Crippen LogP contribution >= 0.6 is 11.8 Å². The van der Waals surface area contributed by atoms with Crippen molar-refractivity contribution in [1.29, 1.82) is 0 Å². The normalized spacial score (nSPS) is 19.0. The van der Waals surface area contributed by atoms with Crippen LogP contribution < -0.4 is 5.32 Å². The number of nitrogens with zero attached hydrogens (tertiary/aromatic N) is 3. The summed E-state index contributed by atoms with van der Waals surface area (Å²) in [5.74, 6) is 0.843. The Kier molecular flexibility index (Phi) is 6.86. The molecule has 30 heavy (non-hydrogen) atoms. The van der Waals surface area contributed by atoms with E-state index in [2.05, 4.69) is 10.3 Å². The molecular formula is C22H26N4O3S. The topological polar surface area (TPSA) is 74.8 Å². The molecule has 3 amide bonds. The van der Waals surface area contributed by atoms with Gasteiger partial charge in [-0.05, 0) is 42.7 Å². The van der Waals surface area contributed by atoms with Gasteiger partial charge in [-0.25, -0.2) is 9.78 Å². The minimum atomic E-state index is -0.294. The Morgan fingerprint density at radius 1 is 1.10 bits per heavy atom. The highest BCUT2D eigenvalue weighted by Gasteiger charge is 2.31. The van der Waals surface area contributed by atoms with Crippen LogP contribution in [0.1, 0.15) is 18.4 Å². The summed E-state index contributed by atoms with van der Waals surface area (Å²) in [5, 5.41) is 3.96. The molecule has 0 bridgehead atoms. The second kappa shape index (κ2) is 9.95. The van der Waals surface area contributed by atoms with E-state index in [1.54, 1.807) is 22.9 Å². The maximum absolute atomic E-state index is 12.7. The SMILES string of the molecule is O=C(Nc1cccc(CSc2ccccn2)c1)N1CCN(C(=O)C2CCCO2)CC1. The van der Waals surface area contributed by atoms with Gasteiger partial charge in [-0.2, -0.15) is 0 Å². The molecule has 2 aliphatic rings. The van der Waals surface area contributed by atoms with Crippen LogP contribution in [0.4, 0.5) is 10.5 Å². The average molecular weight is 427 g/mol. The van der Waals surface area contributed by atoms with Crippen LogP contribution in [0.15, 0.2) is 53.7 Å². The van der Waals surface area contributed by atoms with Crippen molar-refractivity contribution in [1.82, 2.24) is 14.8 Å². The number of piperazine rings is 1. The smallest absolute Gasteiger partial charge is 0.321 e. The van der Waals surface area contributed by atoms with Crippen LogP contribution in [0.5, 0.6) is 0 Å². The van der Waals surface area contributed by atoms with Crippen LogP contribution in [0.25, 0.3) is 0 Å². The fourth-order valence-corrected chi connectivity index (χ4v) is 4.44. The van der Waals surface area contributed by atoms with E-state index in [4.69, 9.17) is 4.74 Å². The molecule has 2 saturated heterocycles. The first-order valence-corrected chi connectivity index (χ1v) is 11.3. The summed E-state index contributed by atoms with van der Waals surface area (Å²) in [6.45, 7) is 2.82. The van der Waals surface area contributed by atoms with Crippen LogP contribution in [0.2, 0.25) is 0 Å². The molecule has 7 nitrogen and oxygen atoms in total. The number of rotatable bonds is 5. The third kappa shape index (κ3) is 5.31. The van der Waals surface area contributed by atoms with Crippen molar-refractivity contribution in [2.24, 2.45) is 0 Å². The Morgan fingerprint density at radius 2 is 1.93 bits per heavy atom. The molecule has 158 valence electrons. The summed E-state index contributed by atoms with van der Waals surface area (Å²) in [6.07, 6.45) is 3.23. The molecule has 2 aromatic rings. The van der Waals surface area contributed by atoms with Gasteiger partial charge in [0.2, 0.25) is 0 Å². The van der Waals surface area contributed by atoms with E-state index >= 15 is 0 Å². The number of hydrogen-bond acceptors (Lipinski definition) is 5. The van der Waals surface area contributed by atoms with E-state index < -0.39 is 0 Å². The second-order valence-corrected chi connectivity index (χ2v) is 8.40. The molecule has 1 aromatic heterocycles. The lowest BCUT2D eigenvalue weighted by molar-refractivity contribution is -0.142. The predicted octanol–water partition coefficient (Wildman–Crippen LogP) is 3.23. The van der Waals surface area contributed by atoms with Crippen LogP contribution in [-0.4, -0.2) is 65.6 Å². The summed E-state index contributed by atoms with van der Waals surface area (Å²) >= 11 is 1.66. The lowest BCUT2D eigenvalue weighted by Gasteiger charge is -2.35. The van der Waals surface area contributed by atoms with Gasteiger partial charge in [-0.15, -0.1) is 11.8 Å². The zero-order valence-electron chi connectivity index (χ0n) is 16.8. The monoisotopic (exact) mass is 426 g/mol. The molecule has 3 heterocycles. The Labute approximate surface area is 180 Å². The van der Waals surface area contributed by atoms with Gasteiger partial charge in [0.15, 0.2) is 0 Å². The third-order valence-corrected chi connectivity index (χ3v) is 6.30. The molecule has 1 unspecified atom stereocenters. The lowest BCUT2D eigenvalue weighted by atomic mass is 10.2. The highest BCUT2D eigenvalue weighted by Crippen LogP contribution is 2.22. The van der Waals surface area contributed by atoms with E-state index in [1.807, 2.05) is 47.4 Å². The number of benzene rings is 1. The highest BCUT2D eigenvalue weighted by molar-refractivity contribution is 7.98. The van der Waals surface area contributed by atoms with E-state index in [-0.39, 0.29) is 18.0 Å². The molecule has 0 spiro atoms. The Balaban J connectivity index is 1.26. The first-order valence-electron chi connectivity index (χ1n) is 10.3. The fraction of sp³-hybridized carbons (Fsp3) is 0.409. The van der Waals surface area contributed by atoms with Crippen LogP contribution in [0, 0.1) is 0 Å². The third-order valence-electron chi connectivity index (χ3n) is 5.29. The highest BCUT2D eigenvalue weighted by atomic mass is 32.2. The van der Waals surface area contributed by atoms with E-state index in [1.165, 1.54) is 0 Å². The van der Waals surface area contributed by atoms with Gasteiger partial charge in [-0.1, -0.05) is 18.2 Å². The molecule has 0 radical (unpaired) electrons. The summed E-state index contributed by atoms with van der Waals surface area (Å²) < 4.78 is 5.49. The van der Waals surface area contributed by atoms with Crippen molar-refractivity contribution in [3.8, 4) is 0 Å². The van der Waals surface area contributed by atoms with Crippen molar-refractivity contribution >= 4 is 29.4 Å². The zero-order valence-corrected chi connectivity index (χ0v) is 17.6. The Morgan fingerprint density at radius 3 is 2.67 bits per heavy atom. The molecule has 1 atom stereocenters. The minimum Gasteiger partial charge on any atom is -0.368 e. The van der Waals surface area contributed by atoms with Gasteiger partial charge >= 0.3 is 6.03 Å². The Hall–Kier alpha value is -2.58. The number of carbonyl (C=O) groups is 2.